The number of pyridine rings is 1. The molecule has 1 unspecified atom stereocenters. The maximum atomic E-state index is 5.68. The molecule has 1 heterocycles. The highest BCUT2D eigenvalue weighted by Crippen LogP contribution is 2.34. The molecular formula is C17H20N2O. The lowest BCUT2D eigenvalue weighted by Gasteiger charge is -2.26. The van der Waals surface area contributed by atoms with Crippen LogP contribution < -0.4 is 10.1 Å². The second-order valence-electron chi connectivity index (χ2n) is 5.07. The Hall–Kier alpha value is -2.03. The van der Waals surface area contributed by atoms with Crippen molar-refractivity contribution in [3.05, 3.63) is 53.9 Å². The molecule has 3 heteroatoms. The molecule has 3 rings (SSSR count). The molecule has 2 aromatic rings. The molecule has 0 radical (unpaired) electrons. The van der Waals surface area contributed by atoms with Crippen LogP contribution in [0.1, 0.15) is 37.1 Å². The zero-order valence-corrected chi connectivity index (χ0v) is 11.8. The van der Waals surface area contributed by atoms with E-state index in [9.17, 15) is 0 Å². The topological polar surface area (TPSA) is 34.1 Å². The third kappa shape index (κ3) is 2.62. The van der Waals surface area contributed by atoms with Crippen LogP contribution in [-0.2, 0) is 6.42 Å². The standard InChI is InChI=1S/C17H20N2O/c1-2-20-16-11-4-3-9-14(16)19-15-10-5-7-13-8-6-12-18-17(13)15/h3-4,6,8-9,11-12,15,19H,2,5,7,10H2,1H3. The third-order valence-electron chi connectivity index (χ3n) is 3.71. The molecule has 20 heavy (non-hydrogen) atoms. The van der Waals surface area contributed by atoms with Crippen LogP contribution in [0.5, 0.6) is 5.75 Å². The maximum absolute atomic E-state index is 5.68. The van der Waals surface area contributed by atoms with E-state index in [4.69, 9.17) is 4.74 Å². The minimum atomic E-state index is 0.279. The average Bonchev–Trinajstić information content (AvgIpc) is 2.50. The monoisotopic (exact) mass is 268 g/mol. The van der Waals surface area contributed by atoms with Crippen LogP contribution in [0.3, 0.4) is 0 Å². The van der Waals surface area contributed by atoms with Crippen LogP contribution in [0.15, 0.2) is 42.6 Å². The van der Waals surface area contributed by atoms with Gasteiger partial charge in [0.25, 0.3) is 0 Å². The van der Waals surface area contributed by atoms with Crippen LogP contribution in [0.4, 0.5) is 5.69 Å². The summed E-state index contributed by atoms with van der Waals surface area (Å²) in [6.45, 7) is 2.69. The zero-order chi connectivity index (χ0) is 13.8. The number of rotatable bonds is 4. The van der Waals surface area contributed by atoms with E-state index in [1.165, 1.54) is 17.7 Å². The molecule has 1 aromatic heterocycles. The summed E-state index contributed by atoms with van der Waals surface area (Å²) in [6.07, 6.45) is 5.33. The predicted molar refractivity (Wildman–Crippen MR) is 81.1 cm³/mol. The molecule has 104 valence electrons. The van der Waals surface area contributed by atoms with Crippen molar-refractivity contribution in [2.24, 2.45) is 0 Å². The van der Waals surface area contributed by atoms with Crippen molar-refractivity contribution in [1.82, 2.24) is 4.98 Å². The molecule has 1 aliphatic rings. The highest BCUT2D eigenvalue weighted by molar-refractivity contribution is 5.57. The highest BCUT2D eigenvalue weighted by Gasteiger charge is 2.21. The first-order chi connectivity index (χ1) is 9.88. The first kappa shape index (κ1) is 13.0. The van der Waals surface area contributed by atoms with E-state index in [1.54, 1.807) is 0 Å². The SMILES string of the molecule is CCOc1ccccc1NC1CCCc2cccnc21. The lowest BCUT2D eigenvalue weighted by Crippen LogP contribution is -2.19. The molecule has 0 spiro atoms. The van der Waals surface area contributed by atoms with Crippen molar-refractivity contribution in [1.29, 1.82) is 0 Å². The van der Waals surface area contributed by atoms with Crippen molar-refractivity contribution in [3.63, 3.8) is 0 Å². The van der Waals surface area contributed by atoms with Gasteiger partial charge in [-0.3, -0.25) is 4.98 Å². The van der Waals surface area contributed by atoms with E-state index >= 15 is 0 Å². The Labute approximate surface area is 120 Å². The number of ether oxygens (including phenoxy) is 1. The fourth-order valence-electron chi connectivity index (χ4n) is 2.80. The van der Waals surface area contributed by atoms with Gasteiger partial charge in [-0.2, -0.15) is 0 Å². The summed E-state index contributed by atoms with van der Waals surface area (Å²) in [5.74, 6) is 0.915. The quantitative estimate of drug-likeness (QED) is 0.911. The van der Waals surface area contributed by atoms with Gasteiger partial charge in [0.2, 0.25) is 0 Å². The number of aromatic nitrogens is 1. The number of aryl methyl sites for hydroxylation is 1. The zero-order valence-electron chi connectivity index (χ0n) is 11.8. The summed E-state index contributed by atoms with van der Waals surface area (Å²) in [7, 11) is 0. The van der Waals surface area contributed by atoms with E-state index in [2.05, 4.69) is 22.4 Å². The van der Waals surface area contributed by atoms with Crippen molar-refractivity contribution < 1.29 is 4.74 Å². The molecule has 0 aliphatic heterocycles. The summed E-state index contributed by atoms with van der Waals surface area (Å²) in [5, 5.41) is 3.60. The minimum Gasteiger partial charge on any atom is -0.492 e. The fraction of sp³-hybridized carbons (Fsp3) is 0.353. The number of fused-ring (bicyclic) bond motifs is 1. The number of hydrogen-bond donors (Lipinski definition) is 1. The predicted octanol–water partition coefficient (Wildman–Crippen LogP) is 3.97. The van der Waals surface area contributed by atoms with Crippen molar-refractivity contribution in [3.8, 4) is 5.75 Å². The lowest BCUT2D eigenvalue weighted by molar-refractivity contribution is 0.341. The molecule has 0 fully saturated rings. The van der Waals surface area contributed by atoms with Gasteiger partial charge in [0, 0.05) is 6.20 Å². The van der Waals surface area contributed by atoms with Crippen LogP contribution >= 0.6 is 0 Å². The largest absolute Gasteiger partial charge is 0.492 e. The Morgan fingerprint density at radius 2 is 2.15 bits per heavy atom. The summed E-state index contributed by atoms with van der Waals surface area (Å²) >= 11 is 0. The number of nitrogens with one attached hydrogen (secondary N) is 1. The minimum absolute atomic E-state index is 0.279. The van der Waals surface area contributed by atoms with Crippen LogP contribution in [0, 0.1) is 0 Å². The maximum Gasteiger partial charge on any atom is 0.142 e. The van der Waals surface area contributed by atoms with Crippen LogP contribution in [0.25, 0.3) is 0 Å². The second-order valence-corrected chi connectivity index (χ2v) is 5.07. The van der Waals surface area contributed by atoms with E-state index in [0.717, 1.165) is 24.3 Å². The summed E-state index contributed by atoms with van der Waals surface area (Å²) in [4.78, 5) is 4.57. The molecule has 3 nitrogen and oxygen atoms in total. The summed E-state index contributed by atoms with van der Waals surface area (Å²) in [6, 6.07) is 12.6. The third-order valence-corrected chi connectivity index (χ3v) is 3.71. The van der Waals surface area contributed by atoms with Crippen molar-refractivity contribution in [2.45, 2.75) is 32.2 Å². The van der Waals surface area contributed by atoms with E-state index in [0.29, 0.717) is 6.61 Å². The Morgan fingerprint density at radius 3 is 3.05 bits per heavy atom. The van der Waals surface area contributed by atoms with Gasteiger partial charge in [-0.1, -0.05) is 18.2 Å². The molecule has 1 N–H and O–H groups in total. The summed E-state index contributed by atoms with van der Waals surface area (Å²) < 4.78 is 5.68. The smallest absolute Gasteiger partial charge is 0.142 e. The average molecular weight is 268 g/mol. The van der Waals surface area contributed by atoms with Gasteiger partial charge in [0.1, 0.15) is 5.75 Å². The Balaban J connectivity index is 1.86. The first-order valence-electron chi connectivity index (χ1n) is 7.30. The molecule has 1 aromatic carbocycles. The molecule has 1 atom stereocenters. The van der Waals surface area contributed by atoms with Gasteiger partial charge < -0.3 is 10.1 Å². The number of hydrogen-bond acceptors (Lipinski definition) is 3. The van der Waals surface area contributed by atoms with E-state index in [-0.39, 0.29) is 6.04 Å². The molecule has 0 bridgehead atoms. The summed E-state index contributed by atoms with van der Waals surface area (Å²) in [5.41, 5.74) is 3.60. The first-order valence-corrected chi connectivity index (χ1v) is 7.30. The van der Waals surface area contributed by atoms with Crippen molar-refractivity contribution in [2.75, 3.05) is 11.9 Å². The normalized spacial score (nSPS) is 17.4. The van der Waals surface area contributed by atoms with Gasteiger partial charge in [0.05, 0.1) is 24.0 Å². The van der Waals surface area contributed by atoms with Gasteiger partial charge >= 0.3 is 0 Å². The molecule has 0 saturated heterocycles. The molecular weight excluding hydrogens is 248 g/mol. The van der Waals surface area contributed by atoms with Gasteiger partial charge in [0.15, 0.2) is 0 Å². The van der Waals surface area contributed by atoms with Gasteiger partial charge in [-0.25, -0.2) is 0 Å². The van der Waals surface area contributed by atoms with Crippen LogP contribution in [-0.4, -0.2) is 11.6 Å². The van der Waals surface area contributed by atoms with E-state index < -0.39 is 0 Å². The number of nitrogens with zero attached hydrogens (tertiary/aromatic N) is 1. The number of benzene rings is 1. The number of para-hydroxylation sites is 2. The Bertz CT molecular complexity index is 583. The lowest BCUT2D eigenvalue weighted by atomic mass is 9.92. The van der Waals surface area contributed by atoms with E-state index in [1.807, 2.05) is 37.4 Å². The Kier molecular flexibility index (Phi) is 3.86. The molecule has 0 saturated carbocycles. The van der Waals surface area contributed by atoms with Crippen LogP contribution in [0.2, 0.25) is 0 Å². The van der Waals surface area contributed by atoms with Gasteiger partial charge in [-0.15, -0.1) is 0 Å². The van der Waals surface area contributed by atoms with Gasteiger partial charge in [-0.05, 0) is 49.9 Å². The Morgan fingerprint density at radius 1 is 1.25 bits per heavy atom. The fourth-order valence-corrected chi connectivity index (χ4v) is 2.80. The van der Waals surface area contributed by atoms with Crippen molar-refractivity contribution >= 4 is 5.69 Å². The second kappa shape index (κ2) is 5.95. The molecule has 0 amide bonds. The number of anilines is 1. The highest BCUT2D eigenvalue weighted by atomic mass is 16.5. The molecule has 1 aliphatic carbocycles.